The van der Waals surface area contributed by atoms with Gasteiger partial charge in [-0.2, -0.15) is 26.3 Å². The van der Waals surface area contributed by atoms with E-state index in [1.807, 2.05) is 0 Å². The number of fused-ring (bicyclic) bond motifs is 1. The summed E-state index contributed by atoms with van der Waals surface area (Å²) in [6.45, 7) is -0.00665. The summed E-state index contributed by atoms with van der Waals surface area (Å²) < 4.78 is 113. The number of nitrogens with zero attached hydrogens (tertiary/aromatic N) is 1. The Balaban J connectivity index is 1.68. The lowest BCUT2D eigenvalue weighted by atomic mass is 9.93. The third kappa shape index (κ3) is 4.75. The fraction of sp³-hybridized carbons (Fsp3) is 0.200. The molecule has 0 saturated heterocycles. The molecule has 0 unspecified atom stereocenters. The van der Waals surface area contributed by atoms with Crippen LogP contribution in [0.2, 0.25) is 5.02 Å². The number of rotatable bonds is 5. The van der Waals surface area contributed by atoms with Crippen LogP contribution in [0.4, 0.5) is 46.5 Å². The SMILES string of the molecule is COc1cc(C(F)(C(F)(F)F)C(F)(F)F)ccc1NC(=O)c1cc(N2Cc3ccccc3C2=O)c(F)cc1Cl. The number of amides is 2. The predicted octanol–water partition coefficient (Wildman–Crippen LogP) is 7.19. The van der Waals surface area contributed by atoms with Crippen molar-refractivity contribution < 1.29 is 49.4 Å². The second-order valence-electron chi connectivity index (χ2n) is 8.36. The number of methoxy groups -OCH3 is 1. The van der Waals surface area contributed by atoms with Crippen molar-refractivity contribution in [1.82, 2.24) is 0 Å². The number of carbonyl (C=O) groups is 2. The number of halogens is 9. The van der Waals surface area contributed by atoms with E-state index >= 15 is 0 Å². The van der Waals surface area contributed by atoms with Gasteiger partial charge in [0.05, 0.1) is 35.6 Å². The fourth-order valence-electron chi connectivity index (χ4n) is 4.05. The number of hydrogen-bond donors (Lipinski definition) is 1. The average Bonchev–Trinajstić information content (AvgIpc) is 3.18. The molecule has 1 aliphatic rings. The van der Waals surface area contributed by atoms with Crippen molar-refractivity contribution in [2.75, 3.05) is 17.3 Å². The molecule has 0 radical (unpaired) electrons. The van der Waals surface area contributed by atoms with Crippen LogP contribution in [0.5, 0.6) is 5.75 Å². The Hall–Kier alpha value is -3.87. The van der Waals surface area contributed by atoms with Gasteiger partial charge in [0.15, 0.2) is 0 Å². The van der Waals surface area contributed by atoms with Gasteiger partial charge in [0.2, 0.25) is 0 Å². The van der Waals surface area contributed by atoms with Gasteiger partial charge in [-0.1, -0.05) is 35.9 Å². The molecule has 0 saturated carbocycles. The lowest BCUT2D eigenvalue weighted by Crippen LogP contribution is -2.50. The van der Waals surface area contributed by atoms with E-state index in [2.05, 4.69) is 5.32 Å². The summed E-state index contributed by atoms with van der Waals surface area (Å²) >= 11 is 6.02. The lowest BCUT2D eigenvalue weighted by Gasteiger charge is -2.30. The summed E-state index contributed by atoms with van der Waals surface area (Å²) in [4.78, 5) is 26.8. The Morgan fingerprint density at radius 2 is 1.62 bits per heavy atom. The van der Waals surface area contributed by atoms with Crippen molar-refractivity contribution in [1.29, 1.82) is 0 Å². The topological polar surface area (TPSA) is 58.6 Å². The van der Waals surface area contributed by atoms with Gasteiger partial charge < -0.3 is 15.0 Å². The number of hydrogen-bond acceptors (Lipinski definition) is 3. The molecular weight excluding hydrogens is 564 g/mol. The summed E-state index contributed by atoms with van der Waals surface area (Å²) in [5.74, 6) is -3.28. The Bertz CT molecular complexity index is 1460. The average molecular weight is 579 g/mol. The van der Waals surface area contributed by atoms with Crippen molar-refractivity contribution in [2.45, 2.75) is 24.6 Å². The predicted molar refractivity (Wildman–Crippen MR) is 124 cm³/mol. The van der Waals surface area contributed by atoms with E-state index in [-0.39, 0.29) is 29.9 Å². The van der Waals surface area contributed by atoms with Gasteiger partial charge >= 0.3 is 18.0 Å². The van der Waals surface area contributed by atoms with Gasteiger partial charge in [-0.15, -0.1) is 0 Å². The molecular formula is C25H15ClF8N2O3. The zero-order valence-corrected chi connectivity index (χ0v) is 20.2. The summed E-state index contributed by atoms with van der Waals surface area (Å²) in [6, 6.07) is 9.16. The van der Waals surface area contributed by atoms with E-state index in [0.717, 1.165) is 24.1 Å². The summed E-state index contributed by atoms with van der Waals surface area (Å²) in [5, 5.41) is 1.77. The molecule has 0 aliphatic carbocycles. The normalized spacial score (nSPS) is 13.9. The van der Waals surface area contributed by atoms with Gasteiger partial charge in [0, 0.05) is 11.1 Å². The third-order valence-electron chi connectivity index (χ3n) is 6.02. The number of ether oxygens (including phenoxy) is 1. The van der Waals surface area contributed by atoms with Crippen LogP contribution in [0.1, 0.15) is 31.8 Å². The van der Waals surface area contributed by atoms with E-state index in [4.69, 9.17) is 16.3 Å². The second-order valence-corrected chi connectivity index (χ2v) is 8.76. The van der Waals surface area contributed by atoms with Crippen molar-refractivity contribution in [3.63, 3.8) is 0 Å². The summed E-state index contributed by atoms with van der Waals surface area (Å²) in [7, 11) is 0.871. The van der Waals surface area contributed by atoms with Gasteiger partial charge in [0.1, 0.15) is 11.6 Å². The molecule has 206 valence electrons. The fourth-order valence-corrected chi connectivity index (χ4v) is 4.29. The highest BCUT2D eigenvalue weighted by Gasteiger charge is 2.73. The zero-order chi connectivity index (χ0) is 28.9. The van der Waals surface area contributed by atoms with Crippen LogP contribution in [0.3, 0.4) is 0 Å². The molecule has 0 fully saturated rings. The van der Waals surface area contributed by atoms with Crippen LogP contribution < -0.4 is 15.0 Å². The first-order valence-corrected chi connectivity index (χ1v) is 11.2. The van der Waals surface area contributed by atoms with Crippen LogP contribution in [0.25, 0.3) is 0 Å². The number of anilines is 2. The first-order valence-electron chi connectivity index (χ1n) is 10.8. The monoisotopic (exact) mass is 578 g/mol. The Kier molecular flexibility index (Phi) is 7.00. The number of nitrogens with one attached hydrogen (secondary N) is 1. The standard InChI is InChI=1S/C25H15ClF8N2O3/c1-39-20-8-13(23(28,24(29,30)31)25(32,33)34)6-7-18(20)35-21(37)15-9-19(17(27)10-16(15)26)36-11-12-4-2-3-5-14(12)22(36)38/h2-10H,11H2,1H3,(H,35,37). The maximum atomic E-state index is 14.8. The second kappa shape index (κ2) is 9.70. The Labute approximate surface area is 219 Å². The van der Waals surface area contributed by atoms with Crippen LogP contribution in [0, 0.1) is 5.82 Å². The third-order valence-corrected chi connectivity index (χ3v) is 6.33. The first kappa shape index (κ1) is 28.1. The van der Waals surface area contributed by atoms with E-state index in [1.165, 1.54) is 0 Å². The largest absolute Gasteiger partial charge is 0.495 e. The van der Waals surface area contributed by atoms with E-state index < -0.39 is 57.7 Å². The molecule has 14 heteroatoms. The molecule has 4 rings (SSSR count). The number of alkyl halides is 7. The molecule has 0 bridgehead atoms. The molecule has 39 heavy (non-hydrogen) atoms. The van der Waals surface area contributed by atoms with Crippen LogP contribution in [-0.4, -0.2) is 31.3 Å². The minimum Gasteiger partial charge on any atom is -0.495 e. The first-order chi connectivity index (χ1) is 18.1. The Morgan fingerprint density at radius 1 is 0.974 bits per heavy atom. The minimum atomic E-state index is -6.36. The van der Waals surface area contributed by atoms with Crippen LogP contribution >= 0.6 is 11.6 Å². The molecule has 2 amide bonds. The molecule has 1 heterocycles. The number of benzene rings is 3. The highest BCUT2D eigenvalue weighted by atomic mass is 35.5. The Morgan fingerprint density at radius 3 is 2.21 bits per heavy atom. The van der Waals surface area contributed by atoms with Gasteiger partial charge in [0.25, 0.3) is 11.8 Å². The smallest absolute Gasteiger partial charge is 0.435 e. The molecule has 0 atom stereocenters. The maximum absolute atomic E-state index is 14.8. The van der Waals surface area contributed by atoms with Crippen LogP contribution in [0.15, 0.2) is 54.6 Å². The van der Waals surface area contributed by atoms with Crippen molar-refractivity contribution in [3.8, 4) is 5.75 Å². The molecule has 1 aliphatic heterocycles. The van der Waals surface area contributed by atoms with Crippen molar-refractivity contribution in [2.24, 2.45) is 0 Å². The molecule has 3 aromatic rings. The van der Waals surface area contributed by atoms with Gasteiger partial charge in [-0.25, -0.2) is 8.78 Å². The van der Waals surface area contributed by atoms with Crippen LogP contribution in [-0.2, 0) is 12.2 Å². The van der Waals surface area contributed by atoms with Gasteiger partial charge in [-0.3, -0.25) is 9.59 Å². The summed E-state index contributed by atoms with van der Waals surface area (Å²) in [6.07, 6.45) is -12.7. The zero-order valence-electron chi connectivity index (χ0n) is 19.5. The van der Waals surface area contributed by atoms with E-state index in [0.29, 0.717) is 17.2 Å². The van der Waals surface area contributed by atoms with E-state index in [9.17, 15) is 44.7 Å². The molecule has 1 N–H and O–H groups in total. The number of carbonyl (C=O) groups excluding carboxylic acids is 2. The summed E-state index contributed by atoms with van der Waals surface area (Å²) in [5.41, 5.74) is -7.74. The van der Waals surface area contributed by atoms with Gasteiger partial charge in [-0.05, 0) is 35.9 Å². The van der Waals surface area contributed by atoms with Crippen molar-refractivity contribution >= 4 is 34.8 Å². The minimum absolute atomic E-state index is 0.00665. The molecule has 0 aromatic heterocycles. The van der Waals surface area contributed by atoms with E-state index in [1.54, 1.807) is 24.3 Å². The highest BCUT2D eigenvalue weighted by Crippen LogP contribution is 2.54. The molecule has 0 spiro atoms. The quantitative estimate of drug-likeness (QED) is 0.326. The highest BCUT2D eigenvalue weighted by molar-refractivity contribution is 6.34. The molecule has 5 nitrogen and oxygen atoms in total. The molecule has 3 aromatic carbocycles. The maximum Gasteiger partial charge on any atom is 0.435 e. The lowest BCUT2D eigenvalue weighted by molar-refractivity contribution is -0.348. The van der Waals surface area contributed by atoms with Crippen molar-refractivity contribution in [3.05, 3.63) is 87.7 Å².